The highest BCUT2D eigenvalue weighted by molar-refractivity contribution is 5.89. The second-order valence-electron chi connectivity index (χ2n) is 14.4. The summed E-state index contributed by atoms with van der Waals surface area (Å²) in [5, 5.41) is 34.0. The molecule has 8 nitrogen and oxygen atoms in total. The summed E-state index contributed by atoms with van der Waals surface area (Å²) in [6, 6.07) is 9.20. The molecule has 2 heterocycles. The van der Waals surface area contributed by atoms with Crippen LogP contribution in [0.4, 0.5) is 0 Å². The molecule has 0 aromatic heterocycles. The van der Waals surface area contributed by atoms with Crippen molar-refractivity contribution in [2.24, 2.45) is 11.8 Å². The fraction of sp³-hybridized carbons (Fsp3) is 0.537. The minimum absolute atomic E-state index is 0.00819. The fourth-order valence-electron chi connectivity index (χ4n) is 8.55. The Morgan fingerprint density at radius 2 is 1.80 bits per heavy atom. The average molecular weight is 669 g/mol. The van der Waals surface area contributed by atoms with Crippen molar-refractivity contribution in [2.75, 3.05) is 0 Å². The van der Waals surface area contributed by atoms with Crippen LogP contribution in [0.15, 0.2) is 42.0 Å². The van der Waals surface area contributed by atoms with Crippen LogP contribution in [-0.4, -0.2) is 44.7 Å². The number of hydrogen-bond donors (Lipinski definition) is 3. The van der Waals surface area contributed by atoms with Gasteiger partial charge in [-0.3, -0.25) is 9.59 Å². The Labute approximate surface area is 288 Å². The number of fused-ring (bicyclic) bond motifs is 2. The summed E-state index contributed by atoms with van der Waals surface area (Å²) >= 11 is 0. The first-order valence-electron chi connectivity index (χ1n) is 18.0. The third kappa shape index (κ3) is 7.34. The SMILES string of the molecule is CC=C1CC(c2ccc(CCCCC)c(CO)c2)C#CC2CC(=O)Oc3cc(O)c(cc32)CC(C2(O)CCCC3CC(=O)CCC32)OC1=O. The first-order valence-corrected chi connectivity index (χ1v) is 18.0. The molecule has 6 unspecified atom stereocenters. The van der Waals surface area contributed by atoms with Gasteiger partial charge in [-0.2, -0.15) is 0 Å². The quantitative estimate of drug-likeness (QED) is 0.100. The van der Waals surface area contributed by atoms with E-state index < -0.39 is 35.5 Å². The fourth-order valence-corrected chi connectivity index (χ4v) is 8.55. The number of aryl methyl sites for hydroxylation is 1. The first kappa shape index (κ1) is 34.9. The third-order valence-corrected chi connectivity index (χ3v) is 11.3. The van der Waals surface area contributed by atoms with Gasteiger partial charge in [0.15, 0.2) is 0 Å². The third-order valence-electron chi connectivity index (χ3n) is 11.3. The molecule has 6 atom stereocenters. The number of esters is 2. The molecular weight excluding hydrogens is 620 g/mol. The zero-order chi connectivity index (χ0) is 34.7. The number of rotatable bonds is 7. The van der Waals surface area contributed by atoms with E-state index in [1.54, 1.807) is 19.1 Å². The molecule has 2 fully saturated rings. The lowest BCUT2D eigenvalue weighted by Gasteiger charge is -2.50. The van der Waals surface area contributed by atoms with Gasteiger partial charge in [-0.25, -0.2) is 4.79 Å². The van der Waals surface area contributed by atoms with Crippen molar-refractivity contribution in [1.82, 2.24) is 0 Å². The highest BCUT2D eigenvalue weighted by Gasteiger charge is 2.52. The number of ether oxygens (including phenoxy) is 2. The van der Waals surface area contributed by atoms with E-state index in [-0.39, 0.29) is 55.0 Å². The Morgan fingerprint density at radius 3 is 2.57 bits per heavy atom. The molecule has 49 heavy (non-hydrogen) atoms. The van der Waals surface area contributed by atoms with E-state index in [1.165, 1.54) is 6.07 Å². The number of aromatic hydroxyl groups is 1. The maximum absolute atomic E-state index is 14.1. The second kappa shape index (κ2) is 14.9. The number of unbranched alkanes of at least 4 members (excludes halogenated alkanes) is 2. The van der Waals surface area contributed by atoms with Crippen molar-refractivity contribution >= 4 is 17.7 Å². The van der Waals surface area contributed by atoms with Crippen LogP contribution in [-0.2, 0) is 38.6 Å². The van der Waals surface area contributed by atoms with Crippen LogP contribution in [0.1, 0.15) is 124 Å². The second-order valence-corrected chi connectivity index (χ2v) is 14.4. The zero-order valence-electron chi connectivity index (χ0n) is 28.6. The van der Waals surface area contributed by atoms with Crippen LogP contribution in [0.5, 0.6) is 11.5 Å². The van der Waals surface area contributed by atoms with Crippen LogP contribution in [0.3, 0.4) is 0 Å². The summed E-state index contributed by atoms with van der Waals surface area (Å²) in [5.41, 5.74) is 2.89. The van der Waals surface area contributed by atoms with Crippen molar-refractivity contribution < 1.29 is 39.2 Å². The number of carbonyl (C=O) groups is 3. The van der Waals surface area contributed by atoms with Gasteiger partial charge in [0.05, 0.1) is 18.9 Å². The van der Waals surface area contributed by atoms with Crippen LogP contribution in [0, 0.1) is 23.7 Å². The van der Waals surface area contributed by atoms with Gasteiger partial charge in [-0.15, -0.1) is 0 Å². The number of phenols is 1. The average Bonchev–Trinajstić information content (AvgIpc) is 3.09. The van der Waals surface area contributed by atoms with Crippen molar-refractivity contribution in [2.45, 2.75) is 127 Å². The van der Waals surface area contributed by atoms with E-state index >= 15 is 0 Å². The minimum atomic E-state index is -1.40. The van der Waals surface area contributed by atoms with Crippen molar-refractivity contribution in [3.8, 4) is 23.3 Å². The number of aliphatic hydroxyl groups excluding tert-OH is 1. The molecule has 8 heteroatoms. The summed E-state index contributed by atoms with van der Waals surface area (Å²) in [6.07, 6.45) is 8.40. The molecule has 4 aliphatic rings. The summed E-state index contributed by atoms with van der Waals surface area (Å²) < 4.78 is 11.9. The van der Waals surface area contributed by atoms with Crippen molar-refractivity contribution in [3.63, 3.8) is 0 Å². The van der Waals surface area contributed by atoms with E-state index in [4.69, 9.17) is 9.47 Å². The molecule has 2 saturated carbocycles. The van der Waals surface area contributed by atoms with Crippen LogP contribution in [0.25, 0.3) is 0 Å². The molecule has 0 spiro atoms. The number of phenolic OH excluding ortho intramolecular Hbond substituents is 1. The maximum Gasteiger partial charge on any atom is 0.334 e. The Morgan fingerprint density at radius 1 is 0.980 bits per heavy atom. The van der Waals surface area contributed by atoms with E-state index in [9.17, 15) is 29.7 Å². The van der Waals surface area contributed by atoms with Crippen LogP contribution < -0.4 is 4.74 Å². The van der Waals surface area contributed by atoms with Crippen LogP contribution in [0.2, 0.25) is 0 Å². The molecule has 2 aromatic carbocycles. The van der Waals surface area contributed by atoms with Gasteiger partial charge in [0, 0.05) is 42.4 Å². The molecule has 6 rings (SSSR count). The molecule has 0 saturated heterocycles. The summed E-state index contributed by atoms with van der Waals surface area (Å²) in [5.74, 6) is 4.84. The molecule has 3 N–H and O–H groups in total. The van der Waals surface area contributed by atoms with E-state index in [0.717, 1.165) is 48.8 Å². The molecule has 2 aromatic rings. The zero-order valence-corrected chi connectivity index (χ0v) is 28.6. The van der Waals surface area contributed by atoms with Gasteiger partial charge in [-0.05, 0) is 85.6 Å². The normalized spacial score (nSPS) is 29.3. The molecule has 2 bridgehead atoms. The minimum Gasteiger partial charge on any atom is -0.508 e. The lowest BCUT2D eigenvalue weighted by molar-refractivity contribution is -0.187. The first-order chi connectivity index (χ1) is 23.6. The Balaban J connectivity index is 1.44. The predicted molar refractivity (Wildman–Crippen MR) is 184 cm³/mol. The number of benzene rings is 2. The number of Topliss-reactive ketones (excluding diaryl/α,β-unsaturated/α-hetero) is 1. The smallest absolute Gasteiger partial charge is 0.334 e. The van der Waals surface area contributed by atoms with Gasteiger partial charge in [0.25, 0.3) is 0 Å². The summed E-state index contributed by atoms with van der Waals surface area (Å²) in [7, 11) is 0. The van der Waals surface area contributed by atoms with Gasteiger partial charge >= 0.3 is 11.9 Å². The molecular formula is C41H48O8. The lowest BCUT2D eigenvalue weighted by Crippen LogP contribution is -2.57. The van der Waals surface area contributed by atoms with E-state index in [1.807, 2.05) is 18.2 Å². The Kier molecular flexibility index (Phi) is 10.6. The monoisotopic (exact) mass is 668 g/mol. The Bertz CT molecular complexity index is 1690. The largest absolute Gasteiger partial charge is 0.508 e. The standard InChI is InChI=1S/C41H48O8/c1-3-5-6-8-26-10-11-28(18-32(26)24-42)27-12-13-29-22-39(45)48-37-23-36(44)31(20-34(29)37)21-38(49-40(46)25(4-2)17-27)41(47)16-7-9-30-19-33(43)14-15-35(30)41/h4,10-11,18,20,23,27,29-30,35,38,42,44,47H,3,5-9,14-17,19,21-22,24H2,1-2H3. The van der Waals surface area contributed by atoms with E-state index in [0.29, 0.717) is 48.8 Å². The molecule has 0 amide bonds. The number of hydrogen-bond acceptors (Lipinski definition) is 8. The van der Waals surface area contributed by atoms with Gasteiger partial charge in [-0.1, -0.05) is 62.3 Å². The predicted octanol–water partition coefficient (Wildman–Crippen LogP) is 6.50. The lowest BCUT2D eigenvalue weighted by atomic mass is 9.60. The van der Waals surface area contributed by atoms with Crippen molar-refractivity contribution in [3.05, 3.63) is 69.8 Å². The highest BCUT2D eigenvalue weighted by Crippen LogP contribution is 2.49. The molecule has 2 aliphatic heterocycles. The van der Waals surface area contributed by atoms with Crippen LogP contribution >= 0.6 is 0 Å². The number of cyclic esters (lactones) is 1. The van der Waals surface area contributed by atoms with Gasteiger partial charge in [0.2, 0.25) is 0 Å². The molecule has 260 valence electrons. The topological polar surface area (TPSA) is 130 Å². The highest BCUT2D eigenvalue weighted by atomic mass is 16.6. The van der Waals surface area contributed by atoms with Gasteiger partial charge in [0.1, 0.15) is 29.0 Å². The number of aliphatic hydroxyl groups is 2. The number of allylic oxidation sites excluding steroid dienone is 1. The van der Waals surface area contributed by atoms with Gasteiger partial charge < -0.3 is 24.8 Å². The summed E-state index contributed by atoms with van der Waals surface area (Å²) in [4.78, 5) is 39.2. The van der Waals surface area contributed by atoms with Crippen molar-refractivity contribution in [1.29, 1.82) is 0 Å². The molecule has 2 aliphatic carbocycles. The molecule has 0 radical (unpaired) electrons. The summed E-state index contributed by atoms with van der Waals surface area (Å²) in [6.45, 7) is 3.82. The Hall–Kier alpha value is -3.93. The number of carbonyl (C=O) groups excluding carboxylic acids is 3. The number of ketones is 1. The van der Waals surface area contributed by atoms with E-state index in [2.05, 4.69) is 18.8 Å². The maximum atomic E-state index is 14.1.